The fourth-order valence-corrected chi connectivity index (χ4v) is 5.41. The van der Waals surface area contributed by atoms with Crippen LogP contribution in [0.2, 0.25) is 5.02 Å². The molecule has 0 saturated carbocycles. The fraction of sp³-hybridized carbons (Fsp3) is 0.208. The Balaban J connectivity index is 2.07. The summed E-state index contributed by atoms with van der Waals surface area (Å²) < 4.78 is 39.0. The molecule has 0 aliphatic heterocycles. The Bertz CT molecular complexity index is 1430. The lowest BCUT2D eigenvalue weighted by atomic mass is 10.1. The second-order valence-corrected chi connectivity index (χ2v) is 9.98. The minimum Gasteiger partial charge on any atom is -0.495 e. The summed E-state index contributed by atoms with van der Waals surface area (Å²) >= 11 is 6.25. The maximum atomic E-state index is 13.8. The number of halogens is 1. The van der Waals surface area contributed by atoms with E-state index < -0.39 is 27.4 Å². The summed E-state index contributed by atoms with van der Waals surface area (Å²) in [5.41, 5.74) is 1.02. The Kier molecular flexibility index (Phi) is 8.06. The van der Waals surface area contributed by atoms with Gasteiger partial charge in [-0.25, -0.2) is 8.42 Å². The highest BCUT2D eigenvalue weighted by Gasteiger charge is 2.31. The minimum absolute atomic E-state index is 0.0974. The molecule has 0 spiro atoms. The Morgan fingerprint density at radius 3 is 2.33 bits per heavy atom. The van der Waals surface area contributed by atoms with E-state index in [4.69, 9.17) is 21.1 Å². The molecule has 0 aliphatic rings. The van der Waals surface area contributed by atoms with E-state index in [1.807, 2.05) is 0 Å². The van der Waals surface area contributed by atoms with Crippen LogP contribution in [-0.2, 0) is 14.8 Å². The number of methoxy groups -OCH3 is 2. The van der Waals surface area contributed by atoms with E-state index in [9.17, 15) is 23.3 Å². The van der Waals surface area contributed by atoms with Crippen LogP contribution < -0.4 is 19.1 Å². The van der Waals surface area contributed by atoms with Crippen LogP contribution >= 0.6 is 11.6 Å². The SMILES string of the molecule is COc1ccc(N(CC(=O)Nc2cccc([N+](=O)[O-])c2C)S(=O)(=O)c2cc(C)ccc2OC)cc1Cl. The normalized spacial score (nSPS) is 11.0. The van der Waals surface area contributed by atoms with Crippen LogP contribution in [0.5, 0.6) is 11.5 Å². The Labute approximate surface area is 213 Å². The summed E-state index contributed by atoms with van der Waals surface area (Å²) in [6.45, 7) is 2.57. The molecule has 0 fully saturated rings. The highest BCUT2D eigenvalue weighted by molar-refractivity contribution is 7.93. The van der Waals surface area contributed by atoms with Crippen molar-refractivity contribution in [3.8, 4) is 11.5 Å². The molecule has 3 aromatic carbocycles. The summed E-state index contributed by atoms with van der Waals surface area (Å²) in [4.78, 5) is 23.6. The third-order valence-corrected chi connectivity index (χ3v) is 7.46. The van der Waals surface area contributed by atoms with Gasteiger partial charge in [-0.2, -0.15) is 0 Å². The van der Waals surface area contributed by atoms with Gasteiger partial charge in [0, 0.05) is 6.07 Å². The van der Waals surface area contributed by atoms with Crippen molar-refractivity contribution in [2.45, 2.75) is 18.7 Å². The maximum Gasteiger partial charge on any atom is 0.274 e. The number of carbonyl (C=O) groups is 1. The summed E-state index contributed by atoms with van der Waals surface area (Å²) in [6.07, 6.45) is 0. The average molecular weight is 534 g/mol. The van der Waals surface area contributed by atoms with Gasteiger partial charge in [-0.15, -0.1) is 0 Å². The number of carbonyl (C=O) groups excluding carboxylic acids is 1. The van der Waals surface area contributed by atoms with Crippen molar-refractivity contribution in [3.05, 3.63) is 80.9 Å². The first kappa shape index (κ1) is 26.8. The van der Waals surface area contributed by atoms with Crippen LogP contribution in [0.15, 0.2) is 59.5 Å². The van der Waals surface area contributed by atoms with Crippen molar-refractivity contribution in [2.24, 2.45) is 0 Å². The maximum absolute atomic E-state index is 13.8. The minimum atomic E-state index is -4.33. The lowest BCUT2D eigenvalue weighted by molar-refractivity contribution is -0.385. The largest absolute Gasteiger partial charge is 0.495 e. The van der Waals surface area contributed by atoms with E-state index in [0.717, 1.165) is 4.31 Å². The first-order valence-corrected chi connectivity index (χ1v) is 12.4. The second kappa shape index (κ2) is 10.8. The van der Waals surface area contributed by atoms with Crippen LogP contribution in [-0.4, -0.2) is 40.0 Å². The van der Waals surface area contributed by atoms with Crippen molar-refractivity contribution in [1.29, 1.82) is 0 Å². The molecule has 0 unspecified atom stereocenters. The third kappa shape index (κ3) is 5.52. The molecule has 0 radical (unpaired) electrons. The van der Waals surface area contributed by atoms with Gasteiger partial charge in [0.15, 0.2) is 0 Å². The highest BCUT2D eigenvalue weighted by atomic mass is 35.5. The van der Waals surface area contributed by atoms with Crippen molar-refractivity contribution in [3.63, 3.8) is 0 Å². The number of rotatable bonds is 9. The molecule has 0 aliphatic carbocycles. The number of sulfonamides is 1. The molecule has 0 atom stereocenters. The Hall–Kier alpha value is -3.83. The van der Waals surface area contributed by atoms with Crippen molar-refractivity contribution >= 4 is 44.6 Å². The van der Waals surface area contributed by atoms with Gasteiger partial charge in [-0.1, -0.05) is 23.7 Å². The van der Waals surface area contributed by atoms with Crippen LogP contribution in [0, 0.1) is 24.0 Å². The monoisotopic (exact) mass is 533 g/mol. The molecule has 0 bridgehead atoms. The predicted molar refractivity (Wildman–Crippen MR) is 137 cm³/mol. The number of hydrogen-bond donors (Lipinski definition) is 1. The number of ether oxygens (including phenoxy) is 2. The summed E-state index contributed by atoms with van der Waals surface area (Å²) in [5, 5.41) is 14.0. The van der Waals surface area contributed by atoms with Gasteiger partial charge in [0.05, 0.1) is 41.1 Å². The van der Waals surface area contributed by atoms with E-state index in [1.165, 1.54) is 69.7 Å². The summed E-state index contributed by atoms with van der Waals surface area (Å²) in [7, 11) is -1.57. The number of anilines is 2. The van der Waals surface area contributed by atoms with Gasteiger partial charge in [0.2, 0.25) is 5.91 Å². The van der Waals surface area contributed by atoms with Crippen molar-refractivity contribution in [1.82, 2.24) is 0 Å². The predicted octanol–water partition coefficient (Wildman–Crippen LogP) is 4.72. The first-order chi connectivity index (χ1) is 17.0. The van der Waals surface area contributed by atoms with Crippen LogP contribution in [0.1, 0.15) is 11.1 Å². The number of benzene rings is 3. The number of nitro benzene ring substituents is 1. The Morgan fingerprint density at radius 1 is 1.06 bits per heavy atom. The van der Waals surface area contributed by atoms with Gasteiger partial charge < -0.3 is 14.8 Å². The van der Waals surface area contributed by atoms with Gasteiger partial charge >= 0.3 is 0 Å². The lowest BCUT2D eigenvalue weighted by Crippen LogP contribution is -2.38. The van der Waals surface area contributed by atoms with Gasteiger partial charge in [-0.05, 0) is 55.8 Å². The molecule has 3 aromatic rings. The van der Waals surface area contributed by atoms with E-state index in [2.05, 4.69) is 5.32 Å². The number of nitro groups is 1. The highest BCUT2D eigenvalue weighted by Crippen LogP contribution is 2.35. The van der Waals surface area contributed by atoms with E-state index >= 15 is 0 Å². The molecule has 0 aromatic heterocycles. The van der Waals surface area contributed by atoms with Crippen molar-refractivity contribution < 1.29 is 27.6 Å². The van der Waals surface area contributed by atoms with Gasteiger partial charge in [-0.3, -0.25) is 19.2 Å². The van der Waals surface area contributed by atoms with Gasteiger partial charge in [0.25, 0.3) is 15.7 Å². The van der Waals surface area contributed by atoms with Crippen LogP contribution in [0.4, 0.5) is 17.1 Å². The number of nitrogens with one attached hydrogen (secondary N) is 1. The molecule has 190 valence electrons. The lowest BCUT2D eigenvalue weighted by Gasteiger charge is -2.25. The van der Waals surface area contributed by atoms with E-state index in [0.29, 0.717) is 11.3 Å². The standard InChI is InChI=1S/C24H24ClN3O7S/c1-15-8-10-22(35-4)23(12-15)36(32,33)27(17-9-11-21(34-3)18(25)13-17)14-24(29)26-19-6-5-7-20(16(19)2)28(30)31/h5-13H,14H2,1-4H3,(H,26,29). The zero-order valence-electron chi connectivity index (χ0n) is 19.9. The topological polar surface area (TPSA) is 128 Å². The molecule has 1 amide bonds. The zero-order valence-corrected chi connectivity index (χ0v) is 21.5. The fourth-order valence-electron chi connectivity index (χ4n) is 3.51. The zero-order chi connectivity index (χ0) is 26.6. The number of amides is 1. The van der Waals surface area contributed by atoms with E-state index in [1.54, 1.807) is 13.0 Å². The Morgan fingerprint density at radius 2 is 1.72 bits per heavy atom. The molecule has 1 N–H and O–H groups in total. The molecular formula is C24H24ClN3O7S. The molecular weight excluding hydrogens is 510 g/mol. The average Bonchev–Trinajstić information content (AvgIpc) is 2.83. The van der Waals surface area contributed by atoms with Crippen LogP contribution in [0.3, 0.4) is 0 Å². The van der Waals surface area contributed by atoms with Crippen molar-refractivity contribution in [2.75, 3.05) is 30.4 Å². The number of nitrogens with zero attached hydrogens (tertiary/aromatic N) is 2. The van der Waals surface area contributed by atoms with Gasteiger partial charge in [0.1, 0.15) is 22.9 Å². The molecule has 0 saturated heterocycles. The molecule has 0 heterocycles. The molecule has 36 heavy (non-hydrogen) atoms. The smallest absolute Gasteiger partial charge is 0.274 e. The number of hydrogen-bond acceptors (Lipinski definition) is 7. The molecule has 3 rings (SSSR count). The first-order valence-electron chi connectivity index (χ1n) is 10.5. The number of aryl methyl sites for hydroxylation is 1. The third-order valence-electron chi connectivity index (χ3n) is 5.37. The van der Waals surface area contributed by atoms with E-state index in [-0.39, 0.29) is 38.3 Å². The molecule has 12 heteroatoms. The molecule has 10 nitrogen and oxygen atoms in total. The quantitative estimate of drug-likeness (QED) is 0.311. The van der Waals surface area contributed by atoms with Crippen LogP contribution in [0.25, 0.3) is 0 Å². The summed E-state index contributed by atoms with van der Waals surface area (Å²) in [5.74, 6) is -0.302. The summed E-state index contributed by atoms with van der Waals surface area (Å²) in [6, 6.07) is 13.2. The second-order valence-electron chi connectivity index (χ2n) is 7.74.